The first-order valence-corrected chi connectivity index (χ1v) is 6.57. The Labute approximate surface area is 116 Å². The van der Waals surface area contributed by atoms with E-state index in [1.807, 2.05) is 0 Å². The van der Waals surface area contributed by atoms with Gasteiger partial charge in [-0.2, -0.15) is 0 Å². The maximum absolute atomic E-state index is 12.0. The van der Waals surface area contributed by atoms with Crippen LogP contribution in [-0.4, -0.2) is 30.0 Å². The standard InChI is InChI=1S/C13H17N3O4/c1-2-20-9-5-6-10(12(8-9)16(18)19)15-13(17)11-4-3-7-14-11/h5-6,8,11,14H,2-4,7H2,1H3,(H,15,17)/t11-/m1/s1. The van der Waals surface area contributed by atoms with E-state index in [1.165, 1.54) is 12.1 Å². The lowest BCUT2D eigenvalue weighted by atomic mass is 10.2. The van der Waals surface area contributed by atoms with Crippen LogP contribution in [0, 0.1) is 10.1 Å². The van der Waals surface area contributed by atoms with E-state index in [4.69, 9.17) is 4.74 Å². The molecular weight excluding hydrogens is 262 g/mol. The number of nitro groups is 1. The third-order valence-electron chi connectivity index (χ3n) is 3.11. The molecule has 1 aliphatic rings. The summed E-state index contributed by atoms with van der Waals surface area (Å²) in [6.45, 7) is 3.02. The van der Waals surface area contributed by atoms with Crippen molar-refractivity contribution < 1.29 is 14.5 Å². The smallest absolute Gasteiger partial charge is 0.296 e. The second-order valence-electron chi connectivity index (χ2n) is 4.51. The summed E-state index contributed by atoms with van der Waals surface area (Å²) >= 11 is 0. The number of carbonyl (C=O) groups excluding carboxylic acids is 1. The van der Waals surface area contributed by atoms with E-state index in [0.717, 1.165) is 19.4 Å². The molecule has 2 N–H and O–H groups in total. The number of rotatable bonds is 5. The molecule has 1 aromatic rings. The number of amides is 1. The van der Waals surface area contributed by atoms with E-state index in [-0.39, 0.29) is 23.3 Å². The minimum atomic E-state index is -0.528. The summed E-state index contributed by atoms with van der Waals surface area (Å²) in [5, 5.41) is 16.7. The fourth-order valence-electron chi connectivity index (χ4n) is 2.15. The molecule has 0 radical (unpaired) electrons. The molecule has 1 aromatic carbocycles. The molecule has 20 heavy (non-hydrogen) atoms. The van der Waals surface area contributed by atoms with Gasteiger partial charge in [0.25, 0.3) is 5.69 Å². The number of nitrogens with zero attached hydrogens (tertiary/aromatic N) is 1. The SMILES string of the molecule is CCOc1ccc(NC(=O)[C@H]2CCCN2)c([N+](=O)[O-])c1. The Morgan fingerprint density at radius 3 is 3.00 bits per heavy atom. The van der Waals surface area contributed by atoms with Crippen LogP contribution in [0.4, 0.5) is 11.4 Å². The fourth-order valence-corrected chi connectivity index (χ4v) is 2.15. The predicted octanol–water partition coefficient (Wildman–Crippen LogP) is 1.68. The number of carbonyl (C=O) groups is 1. The Morgan fingerprint density at radius 1 is 1.60 bits per heavy atom. The van der Waals surface area contributed by atoms with E-state index in [2.05, 4.69) is 10.6 Å². The van der Waals surface area contributed by atoms with Crippen LogP contribution in [0.2, 0.25) is 0 Å². The van der Waals surface area contributed by atoms with E-state index in [9.17, 15) is 14.9 Å². The van der Waals surface area contributed by atoms with Gasteiger partial charge in [0.1, 0.15) is 11.4 Å². The summed E-state index contributed by atoms with van der Waals surface area (Å²) in [5.74, 6) is 0.172. The summed E-state index contributed by atoms with van der Waals surface area (Å²) in [7, 11) is 0. The van der Waals surface area contributed by atoms with Gasteiger partial charge in [0.15, 0.2) is 0 Å². The molecule has 0 aromatic heterocycles. The van der Waals surface area contributed by atoms with Crippen molar-refractivity contribution >= 4 is 17.3 Å². The highest BCUT2D eigenvalue weighted by molar-refractivity contribution is 5.97. The quantitative estimate of drug-likeness (QED) is 0.632. The molecular formula is C13H17N3O4. The molecule has 7 nitrogen and oxygen atoms in total. The normalized spacial score (nSPS) is 17.8. The van der Waals surface area contributed by atoms with Crippen molar-refractivity contribution in [3.8, 4) is 5.75 Å². The largest absolute Gasteiger partial charge is 0.494 e. The van der Waals surface area contributed by atoms with E-state index >= 15 is 0 Å². The van der Waals surface area contributed by atoms with Crippen molar-refractivity contribution in [2.75, 3.05) is 18.5 Å². The molecule has 108 valence electrons. The minimum Gasteiger partial charge on any atom is -0.494 e. The molecule has 0 aliphatic carbocycles. The molecule has 1 atom stereocenters. The Morgan fingerprint density at radius 2 is 2.40 bits per heavy atom. The van der Waals surface area contributed by atoms with Gasteiger partial charge in [-0.1, -0.05) is 0 Å². The van der Waals surface area contributed by atoms with Crippen LogP contribution in [-0.2, 0) is 4.79 Å². The lowest BCUT2D eigenvalue weighted by molar-refractivity contribution is -0.384. The first-order chi connectivity index (χ1) is 9.61. The van der Waals surface area contributed by atoms with Crippen molar-refractivity contribution in [1.82, 2.24) is 5.32 Å². The predicted molar refractivity (Wildman–Crippen MR) is 73.9 cm³/mol. The molecule has 1 heterocycles. The molecule has 0 spiro atoms. The topological polar surface area (TPSA) is 93.5 Å². The van der Waals surface area contributed by atoms with E-state index in [0.29, 0.717) is 12.4 Å². The molecule has 1 fully saturated rings. The van der Waals surface area contributed by atoms with Gasteiger partial charge >= 0.3 is 0 Å². The number of nitrogens with one attached hydrogen (secondary N) is 2. The summed E-state index contributed by atoms with van der Waals surface area (Å²) in [4.78, 5) is 22.5. The van der Waals surface area contributed by atoms with E-state index in [1.54, 1.807) is 13.0 Å². The number of benzene rings is 1. The first-order valence-electron chi connectivity index (χ1n) is 6.57. The molecule has 2 rings (SSSR count). The maximum atomic E-state index is 12.0. The molecule has 7 heteroatoms. The highest BCUT2D eigenvalue weighted by atomic mass is 16.6. The summed E-state index contributed by atoms with van der Waals surface area (Å²) in [5.41, 5.74) is 0.0273. The highest BCUT2D eigenvalue weighted by Crippen LogP contribution is 2.29. The molecule has 0 saturated carbocycles. The van der Waals surface area contributed by atoms with Crippen LogP contribution < -0.4 is 15.4 Å². The lowest BCUT2D eigenvalue weighted by Crippen LogP contribution is -2.35. The minimum absolute atomic E-state index is 0.165. The van der Waals surface area contributed by atoms with Gasteiger partial charge in [0.2, 0.25) is 5.91 Å². The Hall–Kier alpha value is -2.15. The van der Waals surface area contributed by atoms with Crippen molar-refractivity contribution in [3.05, 3.63) is 28.3 Å². The van der Waals surface area contributed by atoms with Gasteiger partial charge in [0.05, 0.1) is 23.6 Å². The zero-order chi connectivity index (χ0) is 14.5. The lowest BCUT2D eigenvalue weighted by Gasteiger charge is -2.12. The molecule has 1 aliphatic heterocycles. The second-order valence-corrected chi connectivity index (χ2v) is 4.51. The summed E-state index contributed by atoms with van der Waals surface area (Å²) < 4.78 is 5.23. The van der Waals surface area contributed by atoms with Crippen molar-refractivity contribution in [2.45, 2.75) is 25.8 Å². The zero-order valence-corrected chi connectivity index (χ0v) is 11.2. The van der Waals surface area contributed by atoms with Gasteiger partial charge in [-0.25, -0.2) is 0 Å². The average Bonchev–Trinajstić information content (AvgIpc) is 2.94. The Kier molecular flexibility index (Phi) is 4.52. The zero-order valence-electron chi connectivity index (χ0n) is 11.2. The number of hydrogen-bond acceptors (Lipinski definition) is 5. The van der Waals surface area contributed by atoms with Gasteiger partial charge < -0.3 is 15.4 Å². The van der Waals surface area contributed by atoms with Gasteiger partial charge in [-0.15, -0.1) is 0 Å². The first kappa shape index (κ1) is 14.3. The molecule has 1 amide bonds. The maximum Gasteiger partial charge on any atom is 0.296 e. The van der Waals surface area contributed by atoms with Crippen LogP contribution in [0.5, 0.6) is 5.75 Å². The van der Waals surface area contributed by atoms with Crippen LogP contribution in [0.3, 0.4) is 0 Å². The van der Waals surface area contributed by atoms with Crippen LogP contribution >= 0.6 is 0 Å². The third kappa shape index (κ3) is 3.24. The van der Waals surface area contributed by atoms with Gasteiger partial charge in [-0.3, -0.25) is 14.9 Å². The average molecular weight is 279 g/mol. The number of anilines is 1. The highest BCUT2D eigenvalue weighted by Gasteiger charge is 2.24. The monoisotopic (exact) mass is 279 g/mol. The summed E-state index contributed by atoms with van der Waals surface area (Å²) in [6, 6.07) is 4.15. The number of hydrogen-bond donors (Lipinski definition) is 2. The van der Waals surface area contributed by atoms with Gasteiger partial charge in [-0.05, 0) is 38.4 Å². The van der Waals surface area contributed by atoms with Crippen molar-refractivity contribution in [1.29, 1.82) is 0 Å². The van der Waals surface area contributed by atoms with E-state index < -0.39 is 4.92 Å². The van der Waals surface area contributed by atoms with Crippen molar-refractivity contribution in [2.24, 2.45) is 0 Å². The van der Waals surface area contributed by atoms with Crippen molar-refractivity contribution in [3.63, 3.8) is 0 Å². The third-order valence-corrected chi connectivity index (χ3v) is 3.11. The number of nitro benzene ring substituents is 1. The van der Waals surface area contributed by atoms with Gasteiger partial charge in [0, 0.05) is 0 Å². The fraction of sp³-hybridized carbons (Fsp3) is 0.462. The molecule has 0 bridgehead atoms. The van der Waals surface area contributed by atoms with Crippen LogP contribution in [0.15, 0.2) is 18.2 Å². The Balaban J connectivity index is 2.17. The van der Waals surface area contributed by atoms with Crippen LogP contribution in [0.25, 0.3) is 0 Å². The molecule has 1 saturated heterocycles. The Bertz CT molecular complexity index is 512. The second kappa shape index (κ2) is 6.33. The van der Waals surface area contributed by atoms with Crippen LogP contribution in [0.1, 0.15) is 19.8 Å². The number of ether oxygens (including phenoxy) is 1. The summed E-state index contributed by atoms with van der Waals surface area (Å²) in [6.07, 6.45) is 1.68. The molecule has 0 unspecified atom stereocenters.